The molecule has 2 unspecified atom stereocenters. The van der Waals surface area contributed by atoms with Crippen molar-refractivity contribution in [2.24, 2.45) is 5.92 Å². The van der Waals surface area contributed by atoms with Crippen LogP contribution in [-0.4, -0.2) is 30.4 Å². The van der Waals surface area contributed by atoms with E-state index in [1.807, 2.05) is 12.1 Å². The number of hydrogen-bond acceptors (Lipinski definition) is 2. The number of halogens is 2. The standard InChI is InChI=1S/C16H21ClN2O.ClH/c17-14-7-5-12(6-8-14)15-4-2-10-19(15)16(20)13-3-1-9-18-11-13;/h5-8,13,15,18H,1-4,9-11H2;1H. The molecule has 2 saturated heterocycles. The molecule has 3 rings (SSSR count). The summed E-state index contributed by atoms with van der Waals surface area (Å²) in [6.07, 6.45) is 4.29. The number of carbonyl (C=O) groups is 1. The number of benzene rings is 1. The van der Waals surface area contributed by atoms with Crippen LogP contribution < -0.4 is 5.32 Å². The number of nitrogens with one attached hydrogen (secondary N) is 1. The number of hydrogen-bond donors (Lipinski definition) is 1. The molecule has 2 aliphatic rings. The van der Waals surface area contributed by atoms with Crippen LogP contribution in [0, 0.1) is 5.92 Å². The molecular formula is C16H22Cl2N2O. The highest BCUT2D eigenvalue weighted by molar-refractivity contribution is 6.30. The third kappa shape index (κ3) is 3.71. The van der Waals surface area contributed by atoms with Crippen molar-refractivity contribution in [2.75, 3.05) is 19.6 Å². The van der Waals surface area contributed by atoms with E-state index in [9.17, 15) is 4.79 Å². The van der Waals surface area contributed by atoms with Crippen LogP contribution in [0.5, 0.6) is 0 Å². The zero-order chi connectivity index (χ0) is 13.9. The first-order valence-corrected chi connectivity index (χ1v) is 7.90. The first-order chi connectivity index (χ1) is 9.75. The largest absolute Gasteiger partial charge is 0.335 e. The molecule has 1 amide bonds. The van der Waals surface area contributed by atoms with Crippen molar-refractivity contribution in [3.63, 3.8) is 0 Å². The summed E-state index contributed by atoms with van der Waals surface area (Å²) in [5.41, 5.74) is 1.21. The van der Waals surface area contributed by atoms with Crippen LogP contribution in [0.3, 0.4) is 0 Å². The summed E-state index contributed by atoms with van der Waals surface area (Å²) in [7, 11) is 0. The molecule has 2 aliphatic heterocycles. The number of carbonyl (C=O) groups excluding carboxylic acids is 1. The zero-order valence-electron chi connectivity index (χ0n) is 12.1. The van der Waals surface area contributed by atoms with Crippen molar-refractivity contribution < 1.29 is 4.79 Å². The monoisotopic (exact) mass is 328 g/mol. The van der Waals surface area contributed by atoms with Gasteiger partial charge in [0.05, 0.1) is 12.0 Å². The molecule has 2 heterocycles. The number of piperidine rings is 1. The van der Waals surface area contributed by atoms with E-state index in [1.54, 1.807) is 0 Å². The Morgan fingerprint density at radius 2 is 1.95 bits per heavy atom. The van der Waals surface area contributed by atoms with Crippen molar-refractivity contribution in [2.45, 2.75) is 31.7 Å². The van der Waals surface area contributed by atoms with Crippen molar-refractivity contribution in [3.05, 3.63) is 34.9 Å². The molecule has 1 aromatic rings. The summed E-state index contributed by atoms with van der Waals surface area (Å²) in [6.45, 7) is 2.77. The lowest BCUT2D eigenvalue weighted by Gasteiger charge is -2.31. The van der Waals surface area contributed by atoms with Crippen LogP contribution in [-0.2, 0) is 4.79 Å². The quantitative estimate of drug-likeness (QED) is 0.902. The zero-order valence-corrected chi connectivity index (χ0v) is 13.6. The third-order valence-electron chi connectivity index (χ3n) is 4.44. The fourth-order valence-corrected chi connectivity index (χ4v) is 3.49. The van der Waals surface area contributed by atoms with Crippen molar-refractivity contribution >= 4 is 29.9 Å². The smallest absolute Gasteiger partial charge is 0.227 e. The van der Waals surface area contributed by atoms with Crippen LogP contribution in [0.4, 0.5) is 0 Å². The molecule has 0 spiro atoms. The number of nitrogens with zero attached hydrogens (tertiary/aromatic N) is 1. The maximum atomic E-state index is 12.7. The Morgan fingerprint density at radius 1 is 1.19 bits per heavy atom. The fourth-order valence-electron chi connectivity index (χ4n) is 3.36. The van der Waals surface area contributed by atoms with Gasteiger partial charge in [-0.15, -0.1) is 12.4 Å². The van der Waals surface area contributed by atoms with Gasteiger partial charge in [-0.3, -0.25) is 4.79 Å². The van der Waals surface area contributed by atoms with Crippen LogP contribution >= 0.6 is 24.0 Å². The van der Waals surface area contributed by atoms with E-state index in [1.165, 1.54) is 5.56 Å². The highest BCUT2D eigenvalue weighted by Gasteiger charge is 2.34. The maximum Gasteiger partial charge on any atom is 0.227 e. The summed E-state index contributed by atoms with van der Waals surface area (Å²) in [4.78, 5) is 14.8. The molecule has 0 aromatic heterocycles. The van der Waals surface area contributed by atoms with Crippen LogP contribution in [0.1, 0.15) is 37.3 Å². The SMILES string of the molecule is Cl.O=C(C1CCCNC1)N1CCCC1c1ccc(Cl)cc1. The van der Waals surface area contributed by atoms with E-state index in [4.69, 9.17) is 11.6 Å². The lowest BCUT2D eigenvalue weighted by Crippen LogP contribution is -2.42. The Balaban J connectivity index is 0.00000161. The van der Waals surface area contributed by atoms with Crippen LogP contribution in [0.15, 0.2) is 24.3 Å². The average Bonchev–Trinajstić information content (AvgIpc) is 2.97. The van der Waals surface area contributed by atoms with Gasteiger partial charge in [-0.05, 0) is 49.9 Å². The van der Waals surface area contributed by atoms with E-state index < -0.39 is 0 Å². The number of likely N-dealkylation sites (tertiary alicyclic amines) is 1. The Kier molecular flexibility index (Phi) is 5.91. The van der Waals surface area contributed by atoms with E-state index in [-0.39, 0.29) is 24.4 Å². The summed E-state index contributed by atoms with van der Waals surface area (Å²) < 4.78 is 0. The van der Waals surface area contributed by atoms with Crippen LogP contribution in [0.25, 0.3) is 0 Å². The maximum absolute atomic E-state index is 12.7. The Bertz CT molecular complexity index is 472. The lowest BCUT2D eigenvalue weighted by molar-refractivity contribution is -0.137. The topological polar surface area (TPSA) is 32.3 Å². The van der Waals surface area contributed by atoms with Gasteiger partial charge in [0.1, 0.15) is 0 Å². The molecule has 0 aliphatic carbocycles. The lowest BCUT2D eigenvalue weighted by atomic mass is 9.96. The molecule has 116 valence electrons. The number of rotatable bonds is 2. The second-order valence-electron chi connectivity index (χ2n) is 5.78. The molecular weight excluding hydrogens is 307 g/mol. The van der Waals surface area contributed by atoms with Gasteiger partial charge in [0.25, 0.3) is 0 Å². The highest BCUT2D eigenvalue weighted by atomic mass is 35.5. The molecule has 0 bridgehead atoms. The van der Waals surface area contributed by atoms with Gasteiger partial charge in [0, 0.05) is 18.1 Å². The molecule has 3 nitrogen and oxygen atoms in total. The fraction of sp³-hybridized carbons (Fsp3) is 0.562. The van der Waals surface area contributed by atoms with Gasteiger partial charge in [-0.1, -0.05) is 23.7 Å². The Morgan fingerprint density at radius 3 is 2.62 bits per heavy atom. The minimum absolute atomic E-state index is 0. The van der Waals surface area contributed by atoms with E-state index in [0.29, 0.717) is 5.91 Å². The van der Waals surface area contributed by atoms with Gasteiger partial charge in [-0.2, -0.15) is 0 Å². The molecule has 1 N–H and O–H groups in total. The Labute approximate surface area is 137 Å². The summed E-state index contributed by atoms with van der Waals surface area (Å²) in [6, 6.07) is 8.18. The second-order valence-corrected chi connectivity index (χ2v) is 6.22. The molecule has 0 radical (unpaired) electrons. The van der Waals surface area contributed by atoms with E-state index in [2.05, 4.69) is 22.3 Å². The molecule has 1 aromatic carbocycles. The van der Waals surface area contributed by atoms with E-state index in [0.717, 1.165) is 50.3 Å². The van der Waals surface area contributed by atoms with Crippen molar-refractivity contribution in [1.29, 1.82) is 0 Å². The average molecular weight is 329 g/mol. The first-order valence-electron chi connectivity index (χ1n) is 7.52. The number of amides is 1. The van der Waals surface area contributed by atoms with Gasteiger partial charge >= 0.3 is 0 Å². The van der Waals surface area contributed by atoms with Gasteiger partial charge in [-0.25, -0.2) is 0 Å². The summed E-state index contributed by atoms with van der Waals surface area (Å²) in [5, 5.41) is 4.09. The van der Waals surface area contributed by atoms with Crippen molar-refractivity contribution in [1.82, 2.24) is 10.2 Å². The van der Waals surface area contributed by atoms with Gasteiger partial charge in [0.2, 0.25) is 5.91 Å². The van der Waals surface area contributed by atoms with Gasteiger partial charge in [0.15, 0.2) is 0 Å². The highest BCUT2D eigenvalue weighted by Crippen LogP contribution is 2.34. The summed E-state index contributed by atoms with van der Waals surface area (Å²) >= 11 is 5.95. The first kappa shape index (κ1) is 16.6. The van der Waals surface area contributed by atoms with E-state index >= 15 is 0 Å². The predicted molar refractivity (Wildman–Crippen MR) is 88.0 cm³/mol. The molecule has 2 atom stereocenters. The Hall–Kier alpha value is -0.770. The molecule has 21 heavy (non-hydrogen) atoms. The third-order valence-corrected chi connectivity index (χ3v) is 4.69. The predicted octanol–water partition coefficient (Wildman–Crippen LogP) is 3.42. The molecule has 0 saturated carbocycles. The summed E-state index contributed by atoms with van der Waals surface area (Å²) in [5.74, 6) is 0.492. The van der Waals surface area contributed by atoms with Gasteiger partial charge < -0.3 is 10.2 Å². The minimum atomic E-state index is 0. The molecule has 2 fully saturated rings. The minimum Gasteiger partial charge on any atom is -0.335 e. The normalized spacial score (nSPS) is 25.5. The van der Waals surface area contributed by atoms with Crippen molar-refractivity contribution in [3.8, 4) is 0 Å². The molecule has 5 heteroatoms. The second kappa shape index (κ2) is 7.48. The van der Waals surface area contributed by atoms with Crippen LogP contribution in [0.2, 0.25) is 5.02 Å².